The Morgan fingerprint density at radius 1 is 1.11 bits per heavy atom. The number of hydrogen-bond acceptors (Lipinski definition) is 3. The van der Waals surface area contributed by atoms with E-state index < -0.39 is 0 Å². The molecule has 1 heterocycles. The van der Waals surface area contributed by atoms with E-state index in [-0.39, 0.29) is 0 Å². The number of aryl methyl sites for hydroxylation is 1. The number of nitrogens with zero attached hydrogens (tertiary/aromatic N) is 1. The molecule has 3 heteroatoms. The molecule has 1 aromatic heterocycles. The van der Waals surface area contributed by atoms with Crippen molar-refractivity contribution in [3.05, 3.63) is 16.9 Å². The summed E-state index contributed by atoms with van der Waals surface area (Å²) in [5, 5.41) is 9.38. The molecule has 0 aliphatic heterocycles. The highest BCUT2D eigenvalue weighted by atomic mass is 16.4. The van der Waals surface area contributed by atoms with E-state index in [9.17, 15) is 5.26 Å². The summed E-state index contributed by atoms with van der Waals surface area (Å²) in [6, 6.07) is 2.27. The number of nitriles is 1. The van der Waals surface area contributed by atoms with Crippen LogP contribution in [-0.4, -0.2) is 0 Å². The van der Waals surface area contributed by atoms with Crippen LogP contribution in [0.2, 0.25) is 0 Å². The van der Waals surface area contributed by atoms with Gasteiger partial charge in [0.25, 0.3) is 0 Å². The molecule has 4 saturated carbocycles. The van der Waals surface area contributed by atoms with Crippen LogP contribution in [0.5, 0.6) is 0 Å². The van der Waals surface area contributed by atoms with Gasteiger partial charge in [0.2, 0.25) is 5.88 Å². The molecule has 0 saturated heterocycles. The molecule has 4 aliphatic rings. The van der Waals surface area contributed by atoms with E-state index in [1.165, 1.54) is 32.1 Å². The number of furan rings is 1. The van der Waals surface area contributed by atoms with Crippen molar-refractivity contribution >= 4 is 5.88 Å². The summed E-state index contributed by atoms with van der Waals surface area (Å²) >= 11 is 0. The third kappa shape index (κ3) is 1.49. The normalized spacial score (nSPS) is 39.5. The minimum atomic E-state index is 0.323. The highest BCUT2D eigenvalue weighted by Gasteiger charge is 2.50. The number of hydrogen-bond donors (Lipinski definition) is 1. The van der Waals surface area contributed by atoms with E-state index in [1.807, 2.05) is 6.92 Å². The van der Waals surface area contributed by atoms with Gasteiger partial charge < -0.3 is 10.2 Å². The second-order valence-electron chi connectivity index (χ2n) is 6.88. The Kier molecular flexibility index (Phi) is 2.27. The average Bonchev–Trinajstić information content (AvgIpc) is 2.63. The van der Waals surface area contributed by atoms with Gasteiger partial charge in [-0.25, -0.2) is 0 Å². The van der Waals surface area contributed by atoms with Crippen molar-refractivity contribution in [2.24, 2.45) is 23.7 Å². The second kappa shape index (κ2) is 3.79. The summed E-state index contributed by atoms with van der Waals surface area (Å²) < 4.78 is 5.55. The Bertz CT molecular complexity index is 538. The maximum atomic E-state index is 9.38. The third-order valence-electron chi connectivity index (χ3n) is 5.83. The predicted octanol–water partition coefficient (Wildman–Crippen LogP) is 3.58. The summed E-state index contributed by atoms with van der Waals surface area (Å²) in [6.45, 7) is 1.97. The van der Waals surface area contributed by atoms with Crippen molar-refractivity contribution in [1.82, 2.24) is 0 Å². The summed E-state index contributed by atoms with van der Waals surface area (Å²) in [6.07, 6.45) is 6.87. The van der Waals surface area contributed by atoms with Gasteiger partial charge in [0, 0.05) is 5.56 Å². The predicted molar refractivity (Wildman–Crippen MR) is 72.4 cm³/mol. The number of nitrogen functional groups attached to an aromatic ring is 1. The lowest BCUT2D eigenvalue weighted by atomic mass is 9.50. The van der Waals surface area contributed by atoms with Crippen molar-refractivity contribution in [2.45, 2.75) is 44.9 Å². The summed E-state index contributed by atoms with van der Waals surface area (Å²) in [4.78, 5) is 0. The van der Waals surface area contributed by atoms with Gasteiger partial charge in [-0.1, -0.05) is 0 Å². The maximum Gasteiger partial charge on any atom is 0.208 e. The number of rotatable bonds is 1. The first-order chi connectivity index (χ1) is 9.17. The van der Waals surface area contributed by atoms with Crippen LogP contribution in [0, 0.1) is 41.9 Å². The van der Waals surface area contributed by atoms with Crippen LogP contribution in [0.15, 0.2) is 4.42 Å². The van der Waals surface area contributed by atoms with Crippen LogP contribution in [0.25, 0.3) is 0 Å². The van der Waals surface area contributed by atoms with E-state index in [0.29, 0.717) is 17.4 Å². The molecule has 0 spiro atoms. The first kappa shape index (κ1) is 11.4. The molecule has 5 rings (SSSR count). The molecule has 0 radical (unpaired) electrons. The Balaban J connectivity index is 1.79. The van der Waals surface area contributed by atoms with Crippen molar-refractivity contribution in [3.63, 3.8) is 0 Å². The molecular formula is C16H20N2O. The van der Waals surface area contributed by atoms with Crippen molar-refractivity contribution < 1.29 is 4.42 Å². The van der Waals surface area contributed by atoms with Gasteiger partial charge in [-0.15, -0.1) is 0 Å². The minimum absolute atomic E-state index is 0.323. The van der Waals surface area contributed by atoms with Crippen LogP contribution in [0.3, 0.4) is 0 Å². The van der Waals surface area contributed by atoms with Crippen LogP contribution in [0.1, 0.15) is 54.9 Å². The van der Waals surface area contributed by atoms with Gasteiger partial charge in [0.1, 0.15) is 17.4 Å². The summed E-state index contributed by atoms with van der Waals surface area (Å²) in [5.74, 6) is 5.17. The highest BCUT2D eigenvalue weighted by Crippen LogP contribution is 2.60. The standard InChI is InChI=1S/C16H20N2O/c1-8-14(13(7-17)16(18)19-8)15-11-3-9-2-10(5-11)6-12(15)4-9/h9-12,15H,2-6,18H2,1H3. The van der Waals surface area contributed by atoms with Crippen LogP contribution in [0.4, 0.5) is 5.88 Å². The zero-order chi connectivity index (χ0) is 13.1. The van der Waals surface area contributed by atoms with E-state index in [0.717, 1.165) is 35.0 Å². The topological polar surface area (TPSA) is 62.9 Å². The van der Waals surface area contributed by atoms with Gasteiger partial charge in [0.15, 0.2) is 0 Å². The Morgan fingerprint density at radius 3 is 2.21 bits per heavy atom. The van der Waals surface area contributed by atoms with Gasteiger partial charge in [-0.05, 0) is 68.6 Å². The van der Waals surface area contributed by atoms with Crippen molar-refractivity contribution in [1.29, 1.82) is 5.26 Å². The van der Waals surface area contributed by atoms with Gasteiger partial charge in [-0.3, -0.25) is 0 Å². The molecular weight excluding hydrogens is 236 g/mol. The zero-order valence-corrected chi connectivity index (χ0v) is 11.4. The maximum absolute atomic E-state index is 9.38. The quantitative estimate of drug-likeness (QED) is 0.835. The van der Waals surface area contributed by atoms with Gasteiger partial charge in [0.05, 0.1) is 0 Å². The van der Waals surface area contributed by atoms with Crippen molar-refractivity contribution in [3.8, 4) is 6.07 Å². The molecule has 4 bridgehead atoms. The molecule has 0 amide bonds. The fraction of sp³-hybridized carbons (Fsp3) is 0.688. The lowest BCUT2D eigenvalue weighted by Gasteiger charge is -2.54. The number of anilines is 1. The fourth-order valence-electron chi connectivity index (χ4n) is 5.49. The molecule has 19 heavy (non-hydrogen) atoms. The van der Waals surface area contributed by atoms with Crippen LogP contribution >= 0.6 is 0 Å². The fourth-order valence-corrected chi connectivity index (χ4v) is 5.49. The Labute approximate surface area is 113 Å². The molecule has 3 nitrogen and oxygen atoms in total. The molecule has 0 atom stereocenters. The largest absolute Gasteiger partial charge is 0.445 e. The molecule has 4 fully saturated rings. The SMILES string of the molecule is Cc1oc(N)c(C#N)c1C1C2CC3CC(C2)CC1C3. The molecule has 4 aliphatic carbocycles. The monoisotopic (exact) mass is 256 g/mol. The van der Waals surface area contributed by atoms with Crippen LogP contribution < -0.4 is 5.73 Å². The molecule has 1 aromatic rings. The van der Waals surface area contributed by atoms with E-state index >= 15 is 0 Å². The second-order valence-corrected chi connectivity index (χ2v) is 6.88. The first-order valence-corrected chi connectivity index (χ1v) is 7.46. The summed E-state index contributed by atoms with van der Waals surface area (Å²) in [7, 11) is 0. The van der Waals surface area contributed by atoms with Gasteiger partial charge in [-0.2, -0.15) is 5.26 Å². The molecule has 2 N–H and O–H groups in total. The van der Waals surface area contributed by atoms with Gasteiger partial charge >= 0.3 is 0 Å². The molecule has 0 unspecified atom stereocenters. The van der Waals surface area contributed by atoms with E-state index in [4.69, 9.17) is 10.2 Å². The van der Waals surface area contributed by atoms with Crippen LogP contribution in [-0.2, 0) is 0 Å². The van der Waals surface area contributed by atoms with E-state index in [1.54, 1.807) is 0 Å². The first-order valence-electron chi connectivity index (χ1n) is 7.46. The highest BCUT2D eigenvalue weighted by molar-refractivity contribution is 5.55. The Morgan fingerprint density at radius 2 is 1.68 bits per heavy atom. The van der Waals surface area contributed by atoms with E-state index in [2.05, 4.69) is 6.07 Å². The zero-order valence-electron chi connectivity index (χ0n) is 11.4. The number of nitrogens with two attached hydrogens (primary N) is 1. The minimum Gasteiger partial charge on any atom is -0.445 e. The lowest BCUT2D eigenvalue weighted by Crippen LogP contribution is -2.44. The summed E-state index contributed by atoms with van der Waals surface area (Å²) in [5.41, 5.74) is 7.62. The smallest absolute Gasteiger partial charge is 0.208 e. The third-order valence-corrected chi connectivity index (χ3v) is 5.83. The Hall–Kier alpha value is -1.43. The van der Waals surface area contributed by atoms with Crippen molar-refractivity contribution in [2.75, 3.05) is 5.73 Å². The molecule has 0 aromatic carbocycles. The lowest BCUT2D eigenvalue weighted by molar-refractivity contribution is -0.00329. The molecule has 100 valence electrons. The average molecular weight is 256 g/mol.